The first-order valence-corrected chi connectivity index (χ1v) is 6.27. The van der Waals surface area contributed by atoms with Gasteiger partial charge in [-0.25, -0.2) is 0 Å². The summed E-state index contributed by atoms with van der Waals surface area (Å²) in [5.41, 5.74) is 0. The normalized spacial score (nSPS) is 29.5. The first kappa shape index (κ1) is 11.4. The average molecular weight is 248 g/mol. The van der Waals surface area contributed by atoms with Crippen molar-refractivity contribution in [2.24, 2.45) is 17.8 Å². The Morgan fingerprint density at radius 3 is 2.94 bits per heavy atom. The second kappa shape index (κ2) is 4.53. The molecular weight excluding hydrogens is 232 g/mol. The molecule has 1 saturated carbocycles. The second-order valence-electron chi connectivity index (χ2n) is 4.98. The number of H-pyrrole nitrogens is 1. The Morgan fingerprint density at radius 2 is 2.39 bits per heavy atom. The van der Waals surface area contributed by atoms with E-state index in [0.29, 0.717) is 17.7 Å². The standard InChI is InChI=1S/C12H16N4O2/c17-6-10-13-12(16-15-10)14-11(18)9-5-7-1-3-8(9)4-2-7/h1,3,7-9,17H,2,4-6H2,(H2,13,14,15,16,18)/t7-,8+,9-/m1/s1. The largest absolute Gasteiger partial charge is 0.388 e. The Hall–Kier alpha value is -1.69. The first-order chi connectivity index (χ1) is 8.76. The summed E-state index contributed by atoms with van der Waals surface area (Å²) < 4.78 is 0. The third-order valence-corrected chi connectivity index (χ3v) is 3.83. The average Bonchev–Trinajstić information content (AvgIpc) is 2.87. The first-order valence-electron chi connectivity index (χ1n) is 6.27. The molecule has 1 aromatic heterocycles. The second-order valence-corrected chi connectivity index (χ2v) is 4.98. The topological polar surface area (TPSA) is 90.9 Å². The van der Waals surface area contributed by atoms with E-state index in [-0.39, 0.29) is 24.4 Å². The van der Waals surface area contributed by atoms with Crippen LogP contribution >= 0.6 is 0 Å². The number of rotatable bonds is 3. The van der Waals surface area contributed by atoms with E-state index in [2.05, 4.69) is 32.7 Å². The van der Waals surface area contributed by atoms with Crippen LogP contribution in [0.15, 0.2) is 12.2 Å². The van der Waals surface area contributed by atoms with Gasteiger partial charge in [-0.3, -0.25) is 15.2 Å². The fraction of sp³-hybridized carbons (Fsp3) is 0.583. The van der Waals surface area contributed by atoms with Crippen LogP contribution in [0.1, 0.15) is 25.1 Å². The van der Waals surface area contributed by atoms with Crippen molar-refractivity contribution < 1.29 is 9.90 Å². The lowest BCUT2D eigenvalue weighted by molar-refractivity contribution is -0.122. The summed E-state index contributed by atoms with van der Waals surface area (Å²) in [4.78, 5) is 16.1. The molecule has 3 N–H and O–H groups in total. The molecule has 96 valence electrons. The molecule has 0 saturated heterocycles. The highest BCUT2D eigenvalue weighted by Crippen LogP contribution is 2.40. The zero-order valence-corrected chi connectivity index (χ0v) is 9.97. The van der Waals surface area contributed by atoms with Gasteiger partial charge in [0.25, 0.3) is 0 Å². The molecule has 1 aromatic rings. The van der Waals surface area contributed by atoms with Crippen LogP contribution in [0.25, 0.3) is 0 Å². The summed E-state index contributed by atoms with van der Waals surface area (Å²) in [6.07, 6.45) is 7.60. The predicted octanol–water partition coefficient (Wildman–Crippen LogP) is 0.838. The molecule has 3 aliphatic carbocycles. The minimum absolute atomic E-state index is 0.0162. The highest BCUT2D eigenvalue weighted by molar-refractivity contribution is 5.91. The zero-order valence-electron chi connectivity index (χ0n) is 9.97. The van der Waals surface area contributed by atoms with E-state index in [0.717, 1.165) is 12.8 Å². The van der Waals surface area contributed by atoms with Gasteiger partial charge in [-0.15, -0.1) is 5.10 Å². The van der Waals surface area contributed by atoms with E-state index in [1.807, 2.05) is 0 Å². The maximum absolute atomic E-state index is 12.2. The van der Waals surface area contributed by atoms with Crippen LogP contribution in [0.3, 0.4) is 0 Å². The van der Waals surface area contributed by atoms with E-state index in [9.17, 15) is 4.79 Å². The van der Waals surface area contributed by atoms with Gasteiger partial charge in [0.15, 0.2) is 5.82 Å². The Kier molecular flexibility index (Phi) is 2.87. The number of aromatic amines is 1. The van der Waals surface area contributed by atoms with Gasteiger partial charge in [0, 0.05) is 5.92 Å². The number of allylic oxidation sites excluding steroid dienone is 2. The number of nitrogens with zero attached hydrogens (tertiary/aromatic N) is 2. The summed E-state index contributed by atoms with van der Waals surface area (Å²) in [7, 11) is 0. The summed E-state index contributed by atoms with van der Waals surface area (Å²) in [5.74, 6) is 1.52. The molecular formula is C12H16N4O2. The van der Waals surface area contributed by atoms with Crippen LogP contribution in [0, 0.1) is 17.8 Å². The fourth-order valence-corrected chi connectivity index (χ4v) is 2.86. The van der Waals surface area contributed by atoms with Crippen LogP contribution in [0.5, 0.6) is 0 Å². The van der Waals surface area contributed by atoms with Crippen molar-refractivity contribution in [3.8, 4) is 0 Å². The number of hydrogen-bond acceptors (Lipinski definition) is 4. The molecule has 0 spiro atoms. The van der Waals surface area contributed by atoms with Crippen molar-refractivity contribution in [1.82, 2.24) is 15.2 Å². The van der Waals surface area contributed by atoms with Crippen LogP contribution in [0.2, 0.25) is 0 Å². The van der Waals surface area contributed by atoms with E-state index < -0.39 is 0 Å². The smallest absolute Gasteiger partial charge is 0.248 e. The maximum Gasteiger partial charge on any atom is 0.248 e. The molecule has 1 heterocycles. The molecule has 0 aliphatic heterocycles. The number of aromatic nitrogens is 3. The van der Waals surface area contributed by atoms with Crippen molar-refractivity contribution in [2.75, 3.05) is 5.32 Å². The van der Waals surface area contributed by atoms with Crippen molar-refractivity contribution in [3.63, 3.8) is 0 Å². The van der Waals surface area contributed by atoms with Gasteiger partial charge in [0.05, 0.1) is 0 Å². The number of carbonyl (C=O) groups is 1. The van der Waals surface area contributed by atoms with Gasteiger partial charge in [0.1, 0.15) is 6.61 Å². The minimum Gasteiger partial charge on any atom is -0.388 e. The molecule has 6 nitrogen and oxygen atoms in total. The predicted molar refractivity (Wildman–Crippen MR) is 64.4 cm³/mol. The Morgan fingerprint density at radius 1 is 1.50 bits per heavy atom. The highest BCUT2D eigenvalue weighted by Gasteiger charge is 2.36. The SMILES string of the molecule is O=C(Nc1n[nH]c(CO)n1)[C@@H]1C[C@@H]2C=C[C@H]1CC2. The van der Waals surface area contributed by atoms with Gasteiger partial charge < -0.3 is 5.11 Å². The van der Waals surface area contributed by atoms with E-state index in [4.69, 9.17) is 5.11 Å². The molecule has 0 aromatic carbocycles. The lowest BCUT2D eigenvalue weighted by Gasteiger charge is -2.36. The molecule has 0 unspecified atom stereocenters. The molecule has 3 atom stereocenters. The molecule has 4 rings (SSSR count). The van der Waals surface area contributed by atoms with Crippen molar-refractivity contribution in [1.29, 1.82) is 0 Å². The molecule has 0 radical (unpaired) electrons. The molecule has 1 fully saturated rings. The number of hydrogen-bond donors (Lipinski definition) is 3. The third-order valence-electron chi connectivity index (χ3n) is 3.83. The summed E-state index contributed by atoms with van der Waals surface area (Å²) in [5, 5.41) is 18.0. The van der Waals surface area contributed by atoms with Crippen molar-refractivity contribution in [2.45, 2.75) is 25.9 Å². The molecule has 18 heavy (non-hydrogen) atoms. The lowest BCUT2D eigenvalue weighted by Crippen LogP contribution is -2.36. The van der Waals surface area contributed by atoms with Gasteiger partial charge in [0.2, 0.25) is 11.9 Å². The monoisotopic (exact) mass is 248 g/mol. The number of anilines is 1. The molecule has 6 heteroatoms. The van der Waals surface area contributed by atoms with Crippen LogP contribution in [0.4, 0.5) is 5.95 Å². The van der Waals surface area contributed by atoms with E-state index in [1.54, 1.807) is 0 Å². The quantitative estimate of drug-likeness (QED) is 0.691. The van der Waals surface area contributed by atoms with Gasteiger partial charge in [-0.2, -0.15) is 4.98 Å². The molecule has 1 amide bonds. The number of fused-ring (bicyclic) bond motifs is 2. The number of aliphatic hydroxyl groups is 1. The molecule has 3 aliphatic rings. The zero-order chi connectivity index (χ0) is 12.5. The molecule has 2 bridgehead atoms. The Bertz CT molecular complexity index is 482. The Balaban J connectivity index is 1.66. The minimum atomic E-state index is -0.209. The maximum atomic E-state index is 12.2. The highest BCUT2D eigenvalue weighted by atomic mass is 16.3. The van der Waals surface area contributed by atoms with Gasteiger partial charge in [-0.05, 0) is 31.1 Å². The fourth-order valence-electron chi connectivity index (χ4n) is 2.86. The van der Waals surface area contributed by atoms with Gasteiger partial charge in [-0.1, -0.05) is 12.2 Å². The van der Waals surface area contributed by atoms with Crippen LogP contribution in [-0.2, 0) is 11.4 Å². The van der Waals surface area contributed by atoms with Crippen LogP contribution < -0.4 is 5.32 Å². The summed E-state index contributed by atoms with van der Waals surface area (Å²) in [6.45, 7) is -0.209. The number of aliphatic hydroxyl groups excluding tert-OH is 1. The summed E-state index contributed by atoms with van der Waals surface area (Å²) >= 11 is 0. The number of amides is 1. The number of carbonyl (C=O) groups excluding carboxylic acids is 1. The van der Waals surface area contributed by atoms with E-state index >= 15 is 0 Å². The lowest BCUT2D eigenvalue weighted by atomic mass is 9.69. The van der Waals surface area contributed by atoms with E-state index in [1.165, 1.54) is 6.42 Å². The summed E-state index contributed by atoms with van der Waals surface area (Å²) in [6, 6.07) is 0. The third kappa shape index (κ3) is 2.03. The number of nitrogens with one attached hydrogen (secondary N) is 2. The Labute approximate surface area is 105 Å². The van der Waals surface area contributed by atoms with Gasteiger partial charge >= 0.3 is 0 Å². The van der Waals surface area contributed by atoms with Crippen molar-refractivity contribution >= 4 is 11.9 Å². The van der Waals surface area contributed by atoms with Crippen molar-refractivity contribution in [3.05, 3.63) is 18.0 Å². The van der Waals surface area contributed by atoms with Crippen LogP contribution in [-0.4, -0.2) is 26.2 Å².